The number of rotatable bonds is 5. The number of aromatic hydroxyl groups is 1. The lowest BCUT2D eigenvalue weighted by molar-refractivity contribution is 0.390. The van der Waals surface area contributed by atoms with Gasteiger partial charge in [0.05, 0.1) is 26.8 Å². The van der Waals surface area contributed by atoms with Crippen molar-refractivity contribution in [2.45, 2.75) is 19.0 Å². The third kappa shape index (κ3) is 3.56. The Kier molecular flexibility index (Phi) is 5.18. The van der Waals surface area contributed by atoms with E-state index in [1.54, 1.807) is 38.5 Å². The molecule has 4 aromatic rings. The van der Waals surface area contributed by atoms with Gasteiger partial charge in [-0.2, -0.15) is 0 Å². The van der Waals surface area contributed by atoms with Gasteiger partial charge in [-0.3, -0.25) is 14.3 Å². The zero-order chi connectivity index (χ0) is 23.1. The van der Waals surface area contributed by atoms with Crippen molar-refractivity contribution >= 4 is 10.9 Å². The molecule has 9 nitrogen and oxygen atoms in total. The molecule has 5 rings (SSSR count). The highest BCUT2D eigenvalue weighted by molar-refractivity contribution is 5.86. The lowest BCUT2D eigenvalue weighted by Gasteiger charge is -2.25. The van der Waals surface area contributed by atoms with Crippen LogP contribution in [0.5, 0.6) is 17.4 Å². The summed E-state index contributed by atoms with van der Waals surface area (Å²) in [7, 11) is 3.19. The second-order valence-corrected chi connectivity index (χ2v) is 8.00. The van der Waals surface area contributed by atoms with Crippen LogP contribution in [0.25, 0.3) is 10.9 Å². The molecule has 0 saturated heterocycles. The Morgan fingerprint density at radius 3 is 2.48 bits per heavy atom. The van der Waals surface area contributed by atoms with Crippen LogP contribution < -0.4 is 26.0 Å². The van der Waals surface area contributed by atoms with Gasteiger partial charge in [-0.25, -0.2) is 4.79 Å². The average molecular weight is 448 g/mol. The van der Waals surface area contributed by atoms with Crippen LogP contribution >= 0.6 is 0 Å². The molecule has 2 aromatic carbocycles. The van der Waals surface area contributed by atoms with E-state index in [1.165, 1.54) is 4.57 Å². The number of nitrogens with one attached hydrogen (secondary N) is 3. The first-order chi connectivity index (χ1) is 16.0. The SMILES string of the molecule is COc1ccc(Cn2c(O)c([C@H]3NCCc4c3[nH]c3ccc(OC)cc43)c(=O)[nH]c2=O)cc1. The van der Waals surface area contributed by atoms with Gasteiger partial charge in [0.1, 0.15) is 17.1 Å². The molecular formula is C24H24N4O5. The highest BCUT2D eigenvalue weighted by Crippen LogP contribution is 2.36. The van der Waals surface area contributed by atoms with E-state index in [0.29, 0.717) is 12.3 Å². The van der Waals surface area contributed by atoms with Crippen molar-refractivity contribution in [2.75, 3.05) is 20.8 Å². The summed E-state index contributed by atoms with van der Waals surface area (Å²) in [5, 5.41) is 15.4. The van der Waals surface area contributed by atoms with Crippen molar-refractivity contribution in [3.8, 4) is 17.4 Å². The van der Waals surface area contributed by atoms with Crippen molar-refractivity contribution in [3.63, 3.8) is 0 Å². The fourth-order valence-electron chi connectivity index (χ4n) is 4.48. The Labute approximate surface area is 188 Å². The van der Waals surface area contributed by atoms with Crippen molar-refractivity contribution in [2.24, 2.45) is 0 Å². The zero-order valence-corrected chi connectivity index (χ0v) is 18.3. The van der Waals surface area contributed by atoms with Crippen molar-refractivity contribution < 1.29 is 14.6 Å². The maximum Gasteiger partial charge on any atom is 0.331 e. The van der Waals surface area contributed by atoms with E-state index in [4.69, 9.17) is 9.47 Å². The number of benzene rings is 2. The molecule has 1 atom stereocenters. The summed E-state index contributed by atoms with van der Waals surface area (Å²) in [6.07, 6.45) is 0.753. The highest BCUT2D eigenvalue weighted by atomic mass is 16.5. The molecule has 9 heteroatoms. The van der Waals surface area contributed by atoms with Gasteiger partial charge in [0.2, 0.25) is 5.88 Å². The quantitative estimate of drug-likeness (QED) is 0.371. The molecule has 0 bridgehead atoms. The maximum atomic E-state index is 12.9. The monoisotopic (exact) mass is 448 g/mol. The molecule has 0 fully saturated rings. The predicted molar refractivity (Wildman–Crippen MR) is 123 cm³/mol. The first-order valence-corrected chi connectivity index (χ1v) is 10.6. The molecule has 0 unspecified atom stereocenters. The van der Waals surface area contributed by atoms with Crippen molar-refractivity contribution in [1.29, 1.82) is 0 Å². The molecule has 1 aliphatic heterocycles. The highest BCUT2D eigenvalue weighted by Gasteiger charge is 2.31. The van der Waals surface area contributed by atoms with E-state index in [1.807, 2.05) is 18.2 Å². The average Bonchev–Trinajstić information content (AvgIpc) is 3.20. The third-order valence-corrected chi connectivity index (χ3v) is 6.15. The lowest BCUT2D eigenvalue weighted by atomic mass is 9.95. The molecule has 170 valence electrons. The van der Waals surface area contributed by atoms with Crippen LogP contribution in [0.2, 0.25) is 0 Å². The first-order valence-electron chi connectivity index (χ1n) is 10.6. The number of hydrogen-bond acceptors (Lipinski definition) is 6. The topological polar surface area (TPSA) is 121 Å². The Hall–Kier alpha value is -3.98. The Balaban J connectivity index is 1.61. The number of nitrogens with zero attached hydrogens (tertiary/aromatic N) is 1. The van der Waals surface area contributed by atoms with Gasteiger partial charge in [0.15, 0.2) is 0 Å². The number of aromatic amines is 2. The number of hydrogen-bond donors (Lipinski definition) is 4. The standard InChI is InChI=1S/C24H24N4O5/c1-32-14-5-3-13(4-6-14)12-28-23(30)19(22(29)27-24(28)31)21-20-16(9-10-25-21)17-11-15(33-2)7-8-18(17)26-20/h3-8,11,21,25-26,30H,9-10,12H2,1-2H3,(H,27,29,31)/t21-/m1/s1. The van der Waals surface area contributed by atoms with Crippen LogP contribution in [0.1, 0.15) is 28.4 Å². The molecule has 2 aromatic heterocycles. The van der Waals surface area contributed by atoms with Crippen LogP contribution in [0.4, 0.5) is 0 Å². The summed E-state index contributed by atoms with van der Waals surface area (Å²) < 4.78 is 11.7. The zero-order valence-electron chi connectivity index (χ0n) is 18.3. The maximum absolute atomic E-state index is 12.9. The molecular weight excluding hydrogens is 424 g/mol. The van der Waals surface area contributed by atoms with Gasteiger partial charge < -0.3 is 24.9 Å². The van der Waals surface area contributed by atoms with Gasteiger partial charge in [-0.05, 0) is 47.9 Å². The second kappa shape index (κ2) is 8.18. The summed E-state index contributed by atoms with van der Waals surface area (Å²) >= 11 is 0. The molecule has 33 heavy (non-hydrogen) atoms. The minimum Gasteiger partial charge on any atom is -0.497 e. The summed E-state index contributed by atoms with van der Waals surface area (Å²) in [4.78, 5) is 31.2. The molecule has 0 spiro atoms. The number of methoxy groups -OCH3 is 2. The fraction of sp³-hybridized carbons (Fsp3) is 0.250. The molecule has 0 radical (unpaired) electrons. The van der Waals surface area contributed by atoms with E-state index in [0.717, 1.165) is 39.9 Å². The van der Waals surface area contributed by atoms with Gasteiger partial charge in [0, 0.05) is 23.1 Å². The minimum atomic E-state index is -0.672. The fourth-order valence-corrected chi connectivity index (χ4v) is 4.48. The molecule has 1 aliphatic rings. The Morgan fingerprint density at radius 2 is 1.76 bits per heavy atom. The van der Waals surface area contributed by atoms with E-state index < -0.39 is 17.3 Å². The molecule has 0 aliphatic carbocycles. The summed E-state index contributed by atoms with van der Waals surface area (Å²) in [6.45, 7) is 0.709. The molecule has 3 heterocycles. The summed E-state index contributed by atoms with van der Waals surface area (Å²) in [5.74, 6) is 1.07. The molecule has 0 amide bonds. The number of ether oxygens (including phenoxy) is 2. The van der Waals surface area contributed by atoms with E-state index in [-0.39, 0.29) is 18.0 Å². The van der Waals surface area contributed by atoms with Gasteiger partial charge in [-0.15, -0.1) is 0 Å². The Bertz CT molecular complexity index is 1450. The predicted octanol–water partition coefficient (Wildman–Crippen LogP) is 2.02. The largest absolute Gasteiger partial charge is 0.497 e. The summed E-state index contributed by atoms with van der Waals surface area (Å²) in [5.41, 5.74) is 2.35. The van der Waals surface area contributed by atoms with Crippen LogP contribution in [-0.2, 0) is 13.0 Å². The van der Waals surface area contributed by atoms with Crippen LogP contribution in [0.3, 0.4) is 0 Å². The molecule has 0 saturated carbocycles. The number of fused-ring (bicyclic) bond motifs is 3. The first kappa shape index (κ1) is 20.9. The van der Waals surface area contributed by atoms with E-state index >= 15 is 0 Å². The Morgan fingerprint density at radius 1 is 1.03 bits per heavy atom. The van der Waals surface area contributed by atoms with Gasteiger partial charge in [0.25, 0.3) is 5.56 Å². The van der Waals surface area contributed by atoms with Crippen LogP contribution in [0, 0.1) is 0 Å². The normalized spacial score (nSPS) is 15.4. The van der Waals surface area contributed by atoms with Crippen LogP contribution in [0.15, 0.2) is 52.1 Å². The van der Waals surface area contributed by atoms with E-state index in [9.17, 15) is 14.7 Å². The van der Waals surface area contributed by atoms with Gasteiger partial charge >= 0.3 is 5.69 Å². The summed E-state index contributed by atoms with van der Waals surface area (Å²) in [6, 6.07) is 12.3. The number of H-pyrrole nitrogens is 2. The minimum absolute atomic E-state index is 0.0991. The lowest BCUT2D eigenvalue weighted by Crippen LogP contribution is -2.39. The number of aromatic nitrogens is 3. The molecule has 4 N–H and O–H groups in total. The van der Waals surface area contributed by atoms with Crippen molar-refractivity contribution in [3.05, 3.63) is 85.7 Å². The van der Waals surface area contributed by atoms with Crippen LogP contribution in [-0.4, -0.2) is 40.4 Å². The smallest absolute Gasteiger partial charge is 0.331 e. The van der Waals surface area contributed by atoms with Crippen molar-refractivity contribution in [1.82, 2.24) is 19.9 Å². The second-order valence-electron chi connectivity index (χ2n) is 8.00. The third-order valence-electron chi connectivity index (χ3n) is 6.15. The van der Waals surface area contributed by atoms with E-state index in [2.05, 4.69) is 15.3 Å². The van der Waals surface area contributed by atoms with Gasteiger partial charge in [-0.1, -0.05) is 12.1 Å².